The van der Waals surface area contributed by atoms with E-state index in [0.29, 0.717) is 6.61 Å². The molecule has 0 saturated heterocycles. The van der Waals surface area contributed by atoms with Gasteiger partial charge in [-0.3, -0.25) is 9.59 Å². The van der Waals surface area contributed by atoms with Crippen molar-refractivity contribution < 1.29 is 14.3 Å². The van der Waals surface area contributed by atoms with Gasteiger partial charge in [0.15, 0.2) is 5.78 Å². The maximum atomic E-state index is 11.2. The molecule has 0 aromatic carbocycles. The standard InChI is InChI=1S/C10H14O3/c1-2-13-10(12)7-8-5-3-4-6-9(8)11/h4,6,8H,2-3,5,7H2,1H3. The van der Waals surface area contributed by atoms with Gasteiger partial charge < -0.3 is 4.74 Å². The Labute approximate surface area is 77.8 Å². The lowest BCUT2D eigenvalue weighted by Crippen LogP contribution is -2.20. The van der Waals surface area contributed by atoms with E-state index in [2.05, 4.69) is 0 Å². The van der Waals surface area contributed by atoms with E-state index in [1.807, 2.05) is 6.08 Å². The average Bonchev–Trinajstić information content (AvgIpc) is 2.09. The Balaban J connectivity index is 2.40. The highest BCUT2D eigenvalue weighted by molar-refractivity contribution is 5.94. The molecule has 3 heteroatoms. The first kappa shape index (κ1) is 9.96. The number of rotatable bonds is 3. The Hall–Kier alpha value is -1.12. The van der Waals surface area contributed by atoms with Gasteiger partial charge in [-0.05, 0) is 25.8 Å². The Bertz CT molecular complexity index is 230. The molecule has 1 rings (SSSR count). The molecule has 72 valence electrons. The number of hydrogen-bond acceptors (Lipinski definition) is 3. The van der Waals surface area contributed by atoms with Crippen LogP contribution in [-0.4, -0.2) is 18.4 Å². The minimum Gasteiger partial charge on any atom is -0.466 e. The fourth-order valence-corrected chi connectivity index (χ4v) is 1.40. The summed E-state index contributed by atoms with van der Waals surface area (Å²) >= 11 is 0. The minimum atomic E-state index is -0.267. The van der Waals surface area contributed by atoms with Gasteiger partial charge in [0.05, 0.1) is 13.0 Å². The maximum absolute atomic E-state index is 11.2. The van der Waals surface area contributed by atoms with Crippen molar-refractivity contribution in [3.05, 3.63) is 12.2 Å². The van der Waals surface area contributed by atoms with Gasteiger partial charge in [0.1, 0.15) is 0 Å². The van der Waals surface area contributed by atoms with Crippen LogP contribution >= 0.6 is 0 Å². The van der Waals surface area contributed by atoms with Crippen molar-refractivity contribution in [1.29, 1.82) is 0 Å². The van der Waals surface area contributed by atoms with Crippen LogP contribution in [0.5, 0.6) is 0 Å². The van der Waals surface area contributed by atoms with Gasteiger partial charge in [-0.15, -0.1) is 0 Å². The molecule has 0 aromatic rings. The van der Waals surface area contributed by atoms with Crippen LogP contribution in [0.1, 0.15) is 26.2 Å². The highest BCUT2D eigenvalue weighted by Crippen LogP contribution is 2.18. The first-order valence-electron chi connectivity index (χ1n) is 4.60. The number of hydrogen-bond donors (Lipinski definition) is 0. The molecule has 0 heterocycles. The molecule has 0 bridgehead atoms. The van der Waals surface area contributed by atoms with Crippen LogP contribution in [0.3, 0.4) is 0 Å². The largest absolute Gasteiger partial charge is 0.466 e. The number of ketones is 1. The lowest BCUT2D eigenvalue weighted by atomic mass is 9.90. The lowest BCUT2D eigenvalue weighted by Gasteiger charge is -2.14. The van der Waals surface area contributed by atoms with Crippen LogP contribution in [0.25, 0.3) is 0 Å². The number of allylic oxidation sites excluding steroid dienone is 2. The summed E-state index contributed by atoms with van der Waals surface area (Å²) in [5.41, 5.74) is 0. The predicted molar refractivity (Wildman–Crippen MR) is 48.1 cm³/mol. The van der Waals surface area contributed by atoms with Crippen LogP contribution < -0.4 is 0 Å². The minimum absolute atomic E-state index is 0.0549. The highest BCUT2D eigenvalue weighted by atomic mass is 16.5. The molecule has 0 spiro atoms. The average molecular weight is 182 g/mol. The van der Waals surface area contributed by atoms with Crippen LogP contribution in [0, 0.1) is 5.92 Å². The molecule has 0 amide bonds. The molecule has 1 aliphatic carbocycles. The van der Waals surface area contributed by atoms with Crippen molar-refractivity contribution >= 4 is 11.8 Å². The van der Waals surface area contributed by atoms with Gasteiger partial charge in [-0.2, -0.15) is 0 Å². The van der Waals surface area contributed by atoms with Crippen molar-refractivity contribution in [3.63, 3.8) is 0 Å². The Kier molecular flexibility index (Phi) is 3.68. The van der Waals surface area contributed by atoms with Crippen LogP contribution in [0.15, 0.2) is 12.2 Å². The Morgan fingerprint density at radius 1 is 1.69 bits per heavy atom. The fourth-order valence-electron chi connectivity index (χ4n) is 1.40. The molecule has 0 saturated carbocycles. The molecule has 13 heavy (non-hydrogen) atoms. The molecular formula is C10H14O3. The molecule has 1 atom stereocenters. The number of carbonyl (C=O) groups is 2. The summed E-state index contributed by atoms with van der Waals surface area (Å²) in [6, 6.07) is 0. The van der Waals surface area contributed by atoms with E-state index in [4.69, 9.17) is 4.74 Å². The third-order valence-electron chi connectivity index (χ3n) is 2.08. The molecule has 0 fully saturated rings. The zero-order chi connectivity index (χ0) is 9.68. The van der Waals surface area contributed by atoms with E-state index in [1.54, 1.807) is 13.0 Å². The third-order valence-corrected chi connectivity index (χ3v) is 2.08. The van der Waals surface area contributed by atoms with Crippen LogP contribution in [0.2, 0.25) is 0 Å². The Morgan fingerprint density at radius 2 is 2.46 bits per heavy atom. The van der Waals surface area contributed by atoms with E-state index in [-0.39, 0.29) is 24.1 Å². The van der Waals surface area contributed by atoms with Gasteiger partial charge in [0.25, 0.3) is 0 Å². The smallest absolute Gasteiger partial charge is 0.306 e. The van der Waals surface area contributed by atoms with Crippen LogP contribution in [-0.2, 0) is 14.3 Å². The summed E-state index contributed by atoms with van der Waals surface area (Å²) in [4.78, 5) is 22.3. The maximum Gasteiger partial charge on any atom is 0.306 e. The third kappa shape index (κ3) is 3.01. The van der Waals surface area contributed by atoms with Crippen molar-refractivity contribution in [2.45, 2.75) is 26.2 Å². The topological polar surface area (TPSA) is 43.4 Å². The summed E-state index contributed by atoms with van der Waals surface area (Å²) < 4.78 is 4.78. The van der Waals surface area contributed by atoms with Crippen molar-refractivity contribution in [2.75, 3.05) is 6.61 Å². The first-order chi connectivity index (χ1) is 6.24. The monoisotopic (exact) mass is 182 g/mol. The second-order valence-electron chi connectivity index (χ2n) is 3.09. The zero-order valence-electron chi connectivity index (χ0n) is 7.79. The molecule has 0 aliphatic heterocycles. The van der Waals surface area contributed by atoms with Crippen molar-refractivity contribution in [3.8, 4) is 0 Å². The van der Waals surface area contributed by atoms with Crippen molar-refractivity contribution in [2.24, 2.45) is 5.92 Å². The molecule has 0 aromatic heterocycles. The van der Waals surface area contributed by atoms with Gasteiger partial charge in [-0.1, -0.05) is 6.08 Å². The van der Waals surface area contributed by atoms with E-state index >= 15 is 0 Å². The van der Waals surface area contributed by atoms with Gasteiger partial charge in [0.2, 0.25) is 0 Å². The van der Waals surface area contributed by atoms with Crippen LogP contribution in [0.4, 0.5) is 0 Å². The Morgan fingerprint density at radius 3 is 3.08 bits per heavy atom. The van der Waals surface area contributed by atoms with E-state index in [1.165, 1.54) is 0 Å². The van der Waals surface area contributed by atoms with E-state index in [9.17, 15) is 9.59 Å². The molecule has 3 nitrogen and oxygen atoms in total. The summed E-state index contributed by atoms with van der Waals surface area (Å²) in [5.74, 6) is -0.362. The normalized spacial score (nSPS) is 21.6. The van der Waals surface area contributed by atoms with Crippen molar-refractivity contribution in [1.82, 2.24) is 0 Å². The predicted octanol–water partition coefficient (Wildman–Crippen LogP) is 1.47. The molecule has 0 radical (unpaired) electrons. The summed E-state index contributed by atoms with van der Waals surface area (Å²) in [6.07, 6.45) is 5.30. The van der Waals surface area contributed by atoms with Gasteiger partial charge in [0, 0.05) is 5.92 Å². The first-order valence-corrected chi connectivity index (χ1v) is 4.60. The molecule has 1 aliphatic rings. The number of esters is 1. The second kappa shape index (κ2) is 4.80. The SMILES string of the molecule is CCOC(=O)CC1CCC=CC1=O. The molecule has 0 N–H and O–H groups in total. The fraction of sp³-hybridized carbons (Fsp3) is 0.600. The summed E-state index contributed by atoms with van der Waals surface area (Å²) in [5, 5.41) is 0. The van der Waals surface area contributed by atoms with E-state index in [0.717, 1.165) is 12.8 Å². The highest BCUT2D eigenvalue weighted by Gasteiger charge is 2.21. The lowest BCUT2D eigenvalue weighted by molar-refractivity contribution is -0.145. The summed E-state index contributed by atoms with van der Waals surface area (Å²) in [7, 11) is 0. The number of carbonyl (C=O) groups excluding carboxylic acids is 2. The quantitative estimate of drug-likeness (QED) is 0.621. The number of ether oxygens (including phenoxy) is 1. The molecular weight excluding hydrogens is 168 g/mol. The molecule has 1 unspecified atom stereocenters. The zero-order valence-corrected chi connectivity index (χ0v) is 7.79. The van der Waals surface area contributed by atoms with Gasteiger partial charge >= 0.3 is 5.97 Å². The van der Waals surface area contributed by atoms with E-state index < -0.39 is 0 Å². The summed E-state index contributed by atoms with van der Waals surface area (Å²) in [6.45, 7) is 2.15. The second-order valence-corrected chi connectivity index (χ2v) is 3.09. The van der Waals surface area contributed by atoms with Gasteiger partial charge in [-0.25, -0.2) is 0 Å².